The number of esters is 1. The van der Waals surface area contributed by atoms with E-state index in [0.29, 0.717) is 5.39 Å². The number of carbonyl (C=O) groups excluding carboxylic acids is 1. The van der Waals surface area contributed by atoms with Crippen LogP contribution in [0.2, 0.25) is 0 Å². The molecule has 1 atom stereocenters. The van der Waals surface area contributed by atoms with E-state index in [1.54, 1.807) is 25.1 Å². The number of hydrogen-bond acceptors (Lipinski definition) is 4. The number of ether oxygens (including phenoxy) is 1. The average molecular weight is 383 g/mol. The summed E-state index contributed by atoms with van der Waals surface area (Å²) in [4.78, 5) is 12.5. The van der Waals surface area contributed by atoms with Gasteiger partial charge in [0.05, 0.1) is 11.5 Å². The number of benzene rings is 3. The highest BCUT2D eigenvalue weighted by atomic mass is 32.2. The van der Waals surface area contributed by atoms with Crippen LogP contribution >= 0.6 is 0 Å². The molecule has 0 aliphatic heterocycles. The first-order valence-electron chi connectivity index (χ1n) is 8.72. The molecule has 0 unspecified atom stereocenters. The highest BCUT2D eigenvalue weighted by Crippen LogP contribution is 2.23. The Balaban J connectivity index is 1.94. The summed E-state index contributed by atoms with van der Waals surface area (Å²) >= 11 is 0. The summed E-state index contributed by atoms with van der Waals surface area (Å²) in [7, 11) is -3.92. The summed E-state index contributed by atoms with van der Waals surface area (Å²) in [5.41, 5.74) is 0.844. The van der Waals surface area contributed by atoms with Gasteiger partial charge >= 0.3 is 5.97 Å². The first kappa shape index (κ1) is 19.1. The quantitative estimate of drug-likeness (QED) is 0.636. The van der Waals surface area contributed by atoms with Crippen LogP contribution in [0.5, 0.6) is 0 Å². The van der Waals surface area contributed by atoms with Crippen LogP contribution in [0, 0.1) is 0 Å². The molecule has 0 saturated carbocycles. The second-order valence-corrected chi connectivity index (χ2v) is 7.78. The summed E-state index contributed by atoms with van der Waals surface area (Å²) in [6, 6.07) is 20.5. The van der Waals surface area contributed by atoms with Crippen LogP contribution in [0.4, 0.5) is 0 Å². The predicted molar refractivity (Wildman–Crippen MR) is 105 cm³/mol. The topological polar surface area (TPSA) is 72.5 Å². The van der Waals surface area contributed by atoms with Crippen LogP contribution in [0.3, 0.4) is 0 Å². The lowest BCUT2D eigenvalue weighted by atomic mass is 10.1. The van der Waals surface area contributed by atoms with Gasteiger partial charge in [0.15, 0.2) is 0 Å². The maximum absolute atomic E-state index is 13.0. The van der Waals surface area contributed by atoms with Crippen molar-refractivity contribution >= 4 is 26.8 Å². The van der Waals surface area contributed by atoms with Gasteiger partial charge < -0.3 is 4.74 Å². The van der Waals surface area contributed by atoms with E-state index in [9.17, 15) is 13.2 Å². The first-order chi connectivity index (χ1) is 13.0. The zero-order valence-corrected chi connectivity index (χ0v) is 15.8. The molecular formula is C21H21NO4S. The maximum atomic E-state index is 13.0. The van der Waals surface area contributed by atoms with Gasteiger partial charge in [0, 0.05) is 5.39 Å². The molecule has 27 heavy (non-hydrogen) atoms. The second kappa shape index (κ2) is 8.33. The van der Waals surface area contributed by atoms with Crippen molar-refractivity contribution in [2.75, 3.05) is 6.61 Å². The van der Waals surface area contributed by atoms with Gasteiger partial charge in [-0.15, -0.1) is 0 Å². The fraction of sp³-hybridized carbons (Fsp3) is 0.190. The zero-order valence-electron chi connectivity index (χ0n) is 15.0. The van der Waals surface area contributed by atoms with E-state index in [1.165, 1.54) is 6.07 Å². The fourth-order valence-electron chi connectivity index (χ4n) is 2.95. The molecule has 0 bridgehead atoms. The molecule has 0 fully saturated rings. The lowest BCUT2D eigenvalue weighted by Gasteiger charge is -2.18. The Bertz CT molecular complexity index is 1030. The Hall–Kier alpha value is -2.70. The van der Waals surface area contributed by atoms with Crippen LogP contribution in [0.1, 0.15) is 12.5 Å². The summed E-state index contributed by atoms with van der Waals surface area (Å²) in [5.74, 6) is -0.592. The Morgan fingerprint density at radius 3 is 2.37 bits per heavy atom. The predicted octanol–water partition coefficient (Wildman–Crippen LogP) is 3.29. The molecule has 3 aromatic rings. The van der Waals surface area contributed by atoms with Crippen molar-refractivity contribution in [3.05, 3.63) is 78.4 Å². The smallest absolute Gasteiger partial charge is 0.324 e. The van der Waals surface area contributed by atoms with Gasteiger partial charge in [-0.25, -0.2) is 8.42 Å². The molecule has 3 rings (SSSR count). The van der Waals surface area contributed by atoms with Gasteiger partial charge in [-0.3, -0.25) is 4.79 Å². The van der Waals surface area contributed by atoms with Crippen LogP contribution in [-0.4, -0.2) is 27.0 Å². The number of sulfonamides is 1. The summed E-state index contributed by atoms with van der Waals surface area (Å²) in [6.07, 6.45) is 0.212. The Morgan fingerprint density at radius 1 is 0.963 bits per heavy atom. The minimum absolute atomic E-state index is 0.142. The molecule has 0 aromatic heterocycles. The molecular weight excluding hydrogens is 362 g/mol. The number of fused-ring (bicyclic) bond motifs is 1. The summed E-state index contributed by atoms with van der Waals surface area (Å²) in [6.45, 7) is 1.87. The van der Waals surface area contributed by atoms with Gasteiger partial charge in [-0.2, -0.15) is 4.72 Å². The van der Waals surface area contributed by atoms with Crippen LogP contribution in [-0.2, 0) is 26.0 Å². The Labute approximate surface area is 159 Å². The van der Waals surface area contributed by atoms with Crippen molar-refractivity contribution < 1.29 is 17.9 Å². The molecule has 0 heterocycles. The maximum Gasteiger partial charge on any atom is 0.324 e. The van der Waals surface area contributed by atoms with E-state index in [4.69, 9.17) is 4.74 Å². The van der Waals surface area contributed by atoms with Gasteiger partial charge in [0.25, 0.3) is 0 Å². The number of carbonyl (C=O) groups is 1. The fourth-order valence-corrected chi connectivity index (χ4v) is 4.36. The normalized spacial score (nSPS) is 12.6. The highest BCUT2D eigenvalue weighted by molar-refractivity contribution is 7.89. The molecule has 0 radical (unpaired) electrons. The first-order valence-corrected chi connectivity index (χ1v) is 10.2. The molecule has 6 heteroatoms. The molecule has 0 saturated heterocycles. The third-order valence-corrected chi connectivity index (χ3v) is 5.72. The SMILES string of the molecule is CCOC(=O)[C@H](Cc1ccccc1)NS(=O)(=O)c1cccc2ccccc12. The molecule has 5 nitrogen and oxygen atoms in total. The minimum atomic E-state index is -3.92. The van der Waals surface area contributed by atoms with Gasteiger partial charge in [0.2, 0.25) is 10.0 Å². The molecule has 140 valence electrons. The van der Waals surface area contributed by atoms with Crippen molar-refractivity contribution in [3.8, 4) is 0 Å². The van der Waals surface area contributed by atoms with Crippen molar-refractivity contribution in [3.63, 3.8) is 0 Å². The molecule has 0 aliphatic rings. The van der Waals surface area contributed by atoms with Gasteiger partial charge in [-0.1, -0.05) is 66.7 Å². The van der Waals surface area contributed by atoms with E-state index < -0.39 is 22.0 Å². The van der Waals surface area contributed by atoms with Crippen LogP contribution in [0.15, 0.2) is 77.7 Å². The van der Waals surface area contributed by atoms with E-state index in [-0.39, 0.29) is 17.9 Å². The molecule has 1 N–H and O–H groups in total. The lowest BCUT2D eigenvalue weighted by molar-refractivity contribution is -0.145. The third kappa shape index (κ3) is 4.53. The zero-order chi connectivity index (χ0) is 19.3. The van der Waals surface area contributed by atoms with E-state index in [0.717, 1.165) is 10.9 Å². The van der Waals surface area contributed by atoms with E-state index in [2.05, 4.69) is 4.72 Å². The number of rotatable bonds is 7. The molecule has 3 aromatic carbocycles. The lowest BCUT2D eigenvalue weighted by Crippen LogP contribution is -2.43. The molecule has 0 aliphatic carbocycles. The summed E-state index contributed by atoms with van der Waals surface area (Å²) in [5, 5.41) is 1.42. The van der Waals surface area contributed by atoms with Crippen LogP contribution in [0.25, 0.3) is 10.8 Å². The Morgan fingerprint density at radius 2 is 1.63 bits per heavy atom. The van der Waals surface area contributed by atoms with Crippen LogP contribution < -0.4 is 4.72 Å². The monoisotopic (exact) mass is 383 g/mol. The van der Waals surface area contributed by atoms with Crippen molar-refractivity contribution in [2.45, 2.75) is 24.3 Å². The highest BCUT2D eigenvalue weighted by Gasteiger charge is 2.28. The van der Waals surface area contributed by atoms with Crippen molar-refractivity contribution in [1.29, 1.82) is 0 Å². The van der Waals surface area contributed by atoms with Gasteiger partial charge in [0.1, 0.15) is 6.04 Å². The second-order valence-electron chi connectivity index (χ2n) is 6.09. The summed E-state index contributed by atoms with van der Waals surface area (Å²) < 4.78 is 33.7. The van der Waals surface area contributed by atoms with Crippen molar-refractivity contribution in [2.24, 2.45) is 0 Å². The van der Waals surface area contributed by atoms with E-state index >= 15 is 0 Å². The molecule has 0 amide bonds. The van der Waals surface area contributed by atoms with Gasteiger partial charge in [-0.05, 0) is 30.4 Å². The largest absolute Gasteiger partial charge is 0.465 e. The number of hydrogen-bond donors (Lipinski definition) is 1. The average Bonchev–Trinajstić information content (AvgIpc) is 2.68. The Kier molecular flexibility index (Phi) is 5.88. The third-order valence-electron chi connectivity index (χ3n) is 4.19. The van der Waals surface area contributed by atoms with Crippen molar-refractivity contribution in [1.82, 2.24) is 4.72 Å². The minimum Gasteiger partial charge on any atom is -0.465 e. The molecule has 0 spiro atoms. The van der Waals surface area contributed by atoms with E-state index in [1.807, 2.05) is 48.5 Å². The standard InChI is InChI=1S/C21H21NO4S/c1-2-26-21(23)19(15-16-9-4-3-5-10-16)22-27(24,25)20-14-8-12-17-11-6-7-13-18(17)20/h3-14,19,22H,2,15H2,1H3/t19-/m0/s1. The number of nitrogens with one attached hydrogen (secondary N) is 1.